The van der Waals surface area contributed by atoms with Crippen molar-refractivity contribution in [2.45, 2.75) is 32.0 Å². The highest BCUT2D eigenvalue weighted by Crippen LogP contribution is 2.20. The Morgan fingerprint density at radius 3 is 2.87 bits per heavy atom. The van der Waals surface area contributed by atoms with E-state index < -0.39 is 6.10 Å². The smallest absolute Gasteiger partial charge is 0.237 e. The highest BCUT2D eigenvalue weighted by molar-refractivity contribution is 5.85. The van der Waals surface area contributed by atoms with E-state index in [1.165, 1.54) is 0 Å². The van der Waals surface area contributed by atoms with E-state index in [0.29, 0.717) is 32.7 Å². The molecule has 1 saturated heterocycles. The fourth-order valence-electron chi connectivity index (χ4n) is 2.40. The molecule has 3 N–H and O–H groups in total. The van der Waals surface area contributed by atoms with Crippen molar-refractivity contribution in [3.8, 4) is 5.75 Å². The van der Waals surface area contributed by atoms with Gasteiger partial charge in [-0.3, -0.25) is 4.79 Å². The van der Waals surface area contributed by atoms with Gasteiger partial charge in [0.2, 0.25) is 5.91 Å². The monoisotopic (exact) mass is 344 g/mol. The van der Waals surface area contributed by atoms with Crippen LogP contribution >= 0.6 is 12.4 Å². The second kappa shape index (κ2) is 9.72. The predicted molar refractivity (Wildman–Crippen MR) is 90.1 cm³/mol. The summed E-state index contributed by atoms with van der Waals surface area (Å²) in [6.07, 6.45) is 0.0137. The average Bonchev–Trinajstić information content (AvgIpc) is 2.93. The molecule has 6 nitrogen and oxygen atoms in total. The summed E-state index contributed by atoms with van der Waals surface area (Å²) in [5.74, 6) is 0.664. The highest BCUT2D eigenvalue weighted by atomic mass is 35.5. The molecule has 0 spiro atoms. The largest absolute Gasteiger partial charge is 0.491 e. The molecular weight excluding hydrogens is 320 g/mol. The molecule has 1 aliphatic rings. The van der Waals surface area contributed by atoms with Gasteiger partial charge in [-0.05, 0) is 25.0 Å². The average molecular weight is 345 g/mol. The Labute approximate surface area is 143 Å². The molecule has 2 atom stereocenters. The second-order valence-corrected chi connectivity index (χ2v) is 5.52. The maximum Gasteiger partial charge on any atom is 0.237 e. The maximum absolute atomic E-state index is 12.1. The van der Waals surface area contributed by atoms with Crippen LogP contribution in [-0.4, -0.2) is 50.0 Å². The molecule has 2 rings (SSSR count). The lowest BCUT2D eigenvalue weighted by atomic mass is 10.1. The molecule has 0 aliphatic carbocycles. The number of nitrogens with one attached hydrogen (secondary N) is 2. The van der Waals surface area contributed by atoms with Crippen LogP contribution < -0.4 is 15.4 Å². The van der Waals surface area contributed by atoms with Gasteiger partial charge < -0.3 is 25.2 Å². The number of aliphatic hydroxyl groups is 1. The standard InChI is InChI=1S/C16H24N2O4.ClH/c1-11-3-4-12(15(7-11)22-6-5-21-2)9-18-16(20)14-8-13(19)10-17-14;/h3-4,7,13-14,17,19H,5-6,8-10H2,1-2H3,(H,18,20);1H. The minimum absolute atomic E-state index is 0. The first kappa shape index (κ1) is 19.7. The summed E-state index contributed by atoms with van der Waals surface area (Å²) in [5, 5.41) is 15.3. The number of hydrogen-bond donors (Lipinski definition) is 3. The van der Waals surface area contributed by atoms with Crippen LogP contribution in [0.1, 0.15) is 17.5 Å². The van der Waals surface area contributed by atoms with Crippen LogP contribution in [0.15, 0.2) is 18.2 Å². The highest BCUT2D eigenvalue weighted by Gasteiger charge is 2.27. The lowest BCUT2D eigenvalue weighted by Gasteiger charge is -2.15. The topological polar surface area (TPSA) is 79.8 Å². The molecule has 0 bridgehead atoms. The van der Waals surface area contributed by atoms with E-state index in [1.807, 2.05) is 25.1 Å². The van der Waals surface area contributed by atoms with Gasteiger partial charge in [0.05, 0.1) is 18.8 Å². The Balaban J connectivity index is 0.00000264. The van der Waals surface area contributed by atoms with Crippen molar-refractivity contribution < 1.29 is 19.4 Å². The van der Waals surface area contributed by atoms with E-state index in [-0.39, 0.29) is 24.4 Å². The number of hydrogen-bond acceptors (Lipinski definition) is 5. The third-order valence-corrected chi connectivity index (χ3v) is 3.64. The number of rotatable bonds is 7. The summed E-state index contributed by atoms with van der Waals surface area (Å²) in [6.45, 7) is 3.85. The zero-order valence-corrected chi connectivity index (χ0v) is 14.3. The number of β-amino-alcohol motifs (C(OH)–C–C–N with tert-alkyl or cyclic N) is 1. The lowest BCUT2D eigenvalue weighted by molar-refractivity contribution is -0.123. The van der Waals surface area contributed by atoms with Crippen molar-refractivity contribution in [1.82, 2.24) is 10.6 Å². The van der Waals surface area contributed by atoms with Crippen LogP contribution in [0.3, 0.4) is 0 Å². The van der Waals surface area contributed by atoms with Gasteiger partial charge in [0, 0.05) is 25.8 Å². The molecule has 0 aromatic heterocycles. The van der Waals surface area contributed by atoms with E-state index in [1.54, 1.807) is 7.11 Å². The van der Waals surface area contributed by atoms with Gasteiger partial charge in [0.25, 0.3) is 0 Å². The Kier molecular flexibility index (Phi) is 8.33. The van der Waals surface area contributed by atoms with Gasteiger partial charge in [-0.15, -0.1) is 12.4 Å². The first-order valence-corrected chi connectivity index (χ1v) is 7.50. The summed E-state index contributed by atoms with van der Waals surface area (Å²) < 4.78 is 10.7. The number of aliphatic hydroxyl groups excluding tert-OH is 1. The summed E-state index contributed by atoms with van der Waals surface area (Å²) in [4.78, 5) is 12.1. The molecule has 130 valence electrons. The molecule has 1 aromatic rings. The first-order valence-electron chi connectivity index (χ1n) is 7.50. The van der Waals surface area contributed by atoms with Gasteiger partial charge in [-0.2, -0.15) is 0 Å². The molecular formula is C16H25ClN2O4. The van der Waals surface area contributed by atoms with E-state index in [9.17, 15) is 9.90 Å². The number of amides is 1. The van der Waals surface area contributed by atoms with Crippen molar-refractivity contribution in [2.75, 3.05) is 26.9 Å². The third kappa shape index (κ3) is 5.99. The molecule has 1 amide bonds. The predicted octanol–water partition coefficient (Wildman–Crippen LogP) is 0.781. The molecule has 1 aromatic carbocycles. The number of aryl methyl sites for hydroxylation is 1. The van der Waals surface area contributed by atoms with E-state index in [4.69, 9.17) is 9.47 Å². The SMILES string of the molecule is COCCOc1cc(C)ccc1CNC(=O)C1CC(O)CN1.Cl. The van der Waals surface area contributed by atoms with Crippen LogP contribution in [0.25, 0.3) is 0 Å². The number of benzene rings is 1. The van der Waals surface area contributed by atoms with Gasteiger partial charge in [-0.25, -0.2) is 0 Å². The second-order valence-electron chi connectivity index (χ2n) is 5.52. The minimum atomic E-state index is -0.442. The number of halogens is 1. The lowest BCUT2D eigenvalue weighted by Crippen LogP contribution is -2.40. The molecule has 1 heterocycles. The Bertz CT molecular complexity index is 513. The van der Waals surface area contributed by atoms with Gasteiger partial charge in [0.15, 0.2) is 0 Å². The fourth-order valence-corrected chi connectivity index (χ4v) is 2.40. The number of ether oxygens (including phenoxy) is 2. The third-order valence-electron chi connectivity index (χ3n) is 3.64. The molecule has 0 radical (unpaired) electrons. The van der Waals surface area contributed by atoms with Gasteiger partial charge >= 0.3 is 0 Å². The van der Waals surface area contributed by atoms with Crippen LogP contribution in [0, 0.1) is 6.92 Å². The number of carbonyl (C=O) groups excluding carboxylic acids is 1. The molecule has 23 heavy (non-hydrogen) atoms. The molecule has 2 unspecified atom stereocenters. The molecule has 0 saturated carbocycles. The van der Waals surface area contributed by atoms with Crippen LogP contribution in [0.4, 0.5) is 0 Å². The molecule has 1 fully saturated rings. The Hall–Kier alpha value is -1.34. The van der Waals surface area contributed by atoms with Crippen molar-refractivity contribution in [3.63, 3.8) is 0 Å². The van der Waals surface area contributed by atoms with E-state index in [0.717, 1.165) is 16.9 Å². The molecule has 1 aliphatic heterocycles. The van der Waals surface area contributed by atoms with Gasteiger partial charge in [0.1, 0.15) is 12.4 Å². The zero-order chi connectivity index (χ0) is 15.9. The zero-order valence-electron chi connectivity index (χ0n) is 13.5. The Morgan fingerprint density at radius 2 is 2.22 bits per heavy atom. The van der Waals surface area contributed by atoms with Crippen molar-refractivity contribution in [2.24, 2.45) is 0 Å². The normalized spacial score (nSPS) is 20.0. The quantitative estimate of drug-likeness (QED) is 0.637. The van der Waals surface area contributed by atoms with Crippen LogP contribution in [0.2, 0.25) is 0 Å². The Morgan fingerprint density at radius 1 is 1.43 bits per heavy atom. The summed E-state index contributed by atoms with van der Waals surface area (Å²) in [5.41, 5.74) is 2.02. The number of carbonyl (C=O) groups is 1. The summed E-state index contributed by atoms with van der Waals surface area (Å²) >= 11 is 0. The van der Waals surface area contributed by atoms with E-state index >= 15 is 0 Å². The summed E-state index contributed by atoms with van der Waals surface area (Å²) in [6, 6.07) is 5.57. The number of methoxy groups -OCH3 is 1. The van der Waals surface area contributed by atoms with Crippen molar-refractivity contribution in [3.05, 3.63) is 29.3 Å². The van der Waals surface area contributed by atoms with Crippen LogP contribution in [0.5, 0.6) is 5.75 Å². The molecule has 7 heteroatoms. The van der Waals surface area contributed by atoms with Crippen molar-refractivity contribution in [1.29, 1.82) is 0 Å². The fraction of sp³-hybridized carbons (Fsp3) is 0.562. The minimum Gasteiger partial charge on any atom is -0.491 e. The summed E-state index contributed by atoms with van der Waals surface area (Å²) in [7, 11) is 1.63. The maximum atomic E-state index is 12.1. The van der Waals surface area contributed by atoms with Crippen LogP contribution in [-0.2, 0) is 16.1 Å². The van der Waals surface area contributed by atoms with Crippen molar-refractivity contribution >= 4 is 18.3 Å². The van der Waals surface area contributed by atoms with Gasteiger partial charge in [-0.1, -0.05) is 12.1 Å². The first-order chi connectivity index (χ1) is 10.6. The van der Waals surface area contributed by atoms with E-state index in [2.05, 4.69) is 10.6 Å².